The van der Waals surface area contributed by atoms with Gasteiger partial charge in [-0.25, -0.2) is 8.42 Å². The van der Waals surface area contributed by atoms with E-state index >= 15 is 0 Å². The first-order valence-corrected chi connectivity index (χ1v) is 9.86. The molecule has 1 radical (unpaired) electrons. The Hall–Kier alpha value is -1.11. The van der Waals surface area contributed by atoms with Gasteiger partial charge in [0.2, 0.25) is 10.0 Å². The van der Waals surface area contributed by atoms with Crippen molar-refractivity contribution in [2.24, 2.45) is 0 Å². The number of hydrogen-bond acceptors (Lipinski definition) is 4. The highest BCUT2D eigenvalue weighted by molar-refractivity contribution is 7.92. The highest BCUT2D eigenvalue weighted by atomic mass is 32.2. The van der Waals surface area contributed by atoms with Gasteiger partial charge in [-0.1, -0.05) is 26.0 Å². The summed E-state index contributed by atoms with van der Waals surface area (Å²) in [6, 6.07) is 7.70. The van der Waals surface area contributed by atoms with Crippen molar-refractivity contribution < 1.29 is 8.42 Å². The van der Waals surface area contributed by atoms with Crippen molar-refractivity contribution in [1.29, 1.82) is 0 Å². The topological polar surface area (TPSA) is 52.7 Å². The van der Waals surface area contributed by atoms with Gasteiger partial charge in [0.1, 0.15) is 0 Å². The zero-order valence-electron chi connectivity index (χ0n) is 14.4. The summed E-state index contributed by atoms with van der Waals surface area (Å²) in [5.41, 5.74) is 1.80. The molecule has 6 heteroatoms. The molecule has 0 saturated carbocycles. The molecular weight excluding hydrogens is 310 g/mol. The Labute approximate surface area is 140 Å². The first kappa shape index (κ1) is 18.2. The summed E-state index contributed by atoms with van der Waals surface area (Å²) < 4.78 is 25.9. The Morgan fingerprint density at radius 2 is 1.78 bits per heavy atom. The lowest BCUT2D eigenvalue weighted by molar-refractivity contribution is 0.131. The van der Waals surface area contributed by atoms with Crippen LogP contribution >= 0.6 is 0 Å². The normalized spacial score (nSPS) is 17.6. The minimum Gasteiger partial charge on any atom is -0.300 e. The van der Waals surface area contributed by atoms with E-state index in [4.69, 9.17) is 0 Å². The quantitative estimate of drug-likeness (QED) is 0.828. The molecule has 1 aliphatic rings. The lowest BCUT2D eigenvalue weighted by atomic mass is 10.1. The van der Waals surface area contributed by atoms with Crippen LogP contribution in [0.4, 0.5) is 5.69 Å². The second-order valence-corrected chi connectivity index (χ2v) is 8.48. The lowest BCUT2D eigenvalue weighted by Gasteiger charge is -2.35. The van der Waals surface area contributed by atoms with Crippen LogP contribution in [0.15, 0.2) is 24.3 Å². The Morgan fingerprint density at radius 3 is 2.39 bits per heavy atom. The molecule has 1 heterocycles. The lowest BCUT2D eigenvalue weighted by Crippen LogP contribution is -2.46. The smallest absolute Gasteiger partial charge is 0.232 e. The van der Waals surface area contributed by atoms with Crippen molar-refractivity contribution in [2.75, 3.05) is 43.2 Å². The van der Waals surface area contributed by atoms with E-state index in [1.807, 2.05) is 12.1 Å². The van der Waals surface area contributed by atoms with Crippen LogP contribution in [0.3, 0.4) is 0 Å². The molecule has 0 aliphatic carbocycles. The molecule has 129 valence electrons. The number of hydrogen-bond donors (Lipinski definition) is 1. The zero-order valence-corrected chi connectivity index (χ0v) is 15.2. The second kappa shape index (κ2) is 8.13. The highest BCUT2D eigenvalue weighted by Gasteiger charge is 2.17. The van der Waals surface area contributed by atoms with Gasteiger partial charge in [0.15, 0.2) is 0 Å². The van der Waals surface area contributed by atoms with E-state index in [0.29, 0.717) is 5.69 Å². The largest absolute Gasteiger partial charge is 0.300 e. The van der Waals surface area contributed by atoms with Gasteiger partial charge >= 0.3 is 0 Å². The van der Waals surface area contributed by atoms with Gasteiger partial charge in [0.25, 0.3) is 0 Å². The highest BCUT2D eigenvalue weighted by Crippen LogP contribution is 2.15. The van der Waals surface area contributed by atoms with Crippen LogP contribution in [0.2, 0.25) is 0 Å². The number of nitrogens with one attached hydrogen (secondary N) is 1. The molecule has 0 aromatic heterocycles. The van der Waals surface area contributed by atoms with E-state index in [2.05, 4.69) is 34.4 Å². The van der Waals surface area contributed by atoms with Crippen molar-refractivity contribution >= 4 is 15.7 Å². The molecule has 0 bridgehead atoms. The zero-order chi connectivity index (χ0) is 16.9. The Kier molecular flexibility index (Phi) is 6.44. The monoisotopic (exact) mass is 338 g/mol. The second-order valence-electron chi connectivity index (χ2n) is 6.47. The summed E-state index contributed by atoms with van der Waals surface area (Å²) in [5, 5.41) is 0. The average molecular weight is 338 g/mol. The summed E-state index contributed by atoms with van der Waals surface area (Å²) in [6.07, 6.45) is 0. The summed E-state index contributed by atoms with van der Waals surface area (Å²) in [7, 11) is -3.21. The van der Waals surface area contributed by atoms with Gasteiger partial charge in [-0.05, 0) is 30.5 Å². The number of benzene rings is 1. The third kappa shape index (κ3) is 6.12. The van der Waals surface area contributed by atoms with E-state index < -0.39 is 10.0 Å². The van der Waals surface area contributed by atoms with Crippen LogP contribution < -0.4 is 4.72 Å². The molecule has 2 rings (SSSR count). The fraction of sp³-hybridized carbons (Fsp3) is 0.588. The molecule has 1 N–H and O–H groups in total. The maximum atomic E-state index is 11.7. The first-order chi connectivity index (χ1) is 10.9. The third-order valence-corrected chi connectivity index (χ3v) is 5.30. The van der Waals surface area contributed by atoms with E-state index in [0.717, 1.165) is 44.8 Å². The van der Waals surface area contributed by atoms with E-state index in [9.17, 15) is 8.42 Å². The van der Waals surface area contributed by atoms with E-state index in [-0.39, 0.29) is 5.75 Å². The van der Waals surface area contributed by atoms with Crippen LogP contribution in [0.1, 0.15) is 26.3 Å². The van der Waals surface area contributed by atoms with Crippen molar-refractivity contribution in [1.82, 2.24) is 9.80 Å². The minimum atomic E-state index is -3.21. The molecule has 0 atom stereocenters. The fourth-order valence-electron chi connectivity index (χ4n) is 2.80. The predicted molar refractivity (Wildman–Crippen MR) is 95.8 cm³/mol. The van der Waals surface area contributed by atoms with Crippen LogP contribution in [-0.4, -0.2) is 56.7 Å². The van der Waals surface area contributed by atoms with E-state index in [1.54, 1.807) is 13.0 Å². The molecule has 0 spiro atoms. The maximum absolute atomic E-state index is 11.7. The van der Waals surface area contributed by atoms with Gasteiger partial charge in [0.05, 0.1) is 5.75 Å². The van der Waals surface area contributed by atoms with Crippen molar-refractivity contribution in [2.45, 2.75) is 27.3 Å². The molecule has 1 aliphatic heterocycles. The predicted octanol–water partition coefficient (Wildman–Crippen LogP) is 2.18. The number of nitrogens with zero attached hydrogens (tertiary/aromatic N) is 2. The van der Waals surface area contributed by atoms with Crippen LogP contribution in [-0.2, 0) is 16.6 Å². The van der Waals surface area contributed by atoms with Gasteiger partial charge in [-0.2, -0.15) is 0 Å². The molecular formula is C17H28N3O2S. The third-order valence-electron chi connectivity index (χ3n) is 3.99. The Morgan fingerprint density at radius 1 is 1.13 bits per heavy atom. The van der Waals surface area contributed by atoms with Crippen LogP contribution in [0, 0.1) is 5.92 Å². The molecule has 5 nitrogen and oxygen atoms in total. The van der Waals surface area contributed by atoms with Crippen LogP contribution in [0.25, 0.3) is 0 Å². The molecule has 1 aromatic rings. The number of rotatable bonds is 7. The molecule has 0 unspecified atom stereocenters. The molecule has 0 amide bonds. The summed E-state index contributed by atoms with van der Waals surface area (Å²) in [6.45, 7) is 12.2. The molecule has 1 fully saturated rings. The van der Waals surface area contributed by atoms with Gasteiger partial charge < -0.3 is 4.90 Å². The Bertz CT molecular complexity index is 594. The Balaban J connectivity index is 1.89. The molecule has 23 heavy (non-hydrogen) atoms. The molecule has 1 saturated heterocycles. The summed E-state index contributed by atoms with van der Waals surface area (Å²) in [5.74, 6) is 1.54. The summed E-state index contributed by atoms with van der Waals surface area (Å²) >= 11 is 0. The van der Waals surface area contributed by atoms with Gasteiger partial charge in [-0.15, -0.1) is 0 Å². The number of piperazine rings is 1. The average Bonchev–Trinajstić information content (AvgIpc) is 2.49. The van der Waals surface area contributed by atoms with Crippen LogP contribution in [0.5, 0.6) is 0 Å². The fourth-order valence-corrected chi connectivity index (χ4v) is 3.43. The van der Waals surface area contributed by atoms with Crippen molar-refractivity contribution in [3.63, 3.8) is 0 Å². The molecule has 1 aromatic carbocycles. The van der Waals surface area contributed by atoms with Crippen molar-refractivity contribution in [3.05, 3.63) is 35.7 Å². The van der Waals surface area contributed by atoms with Crippen molar-refractivity contribution in [3.8, 4) is 0 Å². The maximum Gasteiger partial charge on any atom is 0.232 e. The van der Waals surface area contributed by atoms with E-state index in [1.165, 1.54) is 5.92 Å². The first-order valence-electron chi connectivity index (χ1n) is 8.21. The number of anilines is 1. The standard InChI is InChI=1S/C17H28N3O2S/c1-4-23(21,22)18-17-7-5-6-16(12-17)14-20-10-8-19(9-11-20)13-15(2)3/h5-7,12,18H,4,8-11,13-14H2,1-3H3. The summed E-state index contributed by atoms with van der Waals surface area (Å²) in [4.78, 5) is 4.91. The van der Waals surface area contributed by atoms with Gasteiger partial charge in [-0.3, -0.25) is 9.62 Å². The van der Waals surface area contributed by atoms with Gasteiger partial charge in [0, 0.05) is 45.0 Å². The minimum absolute atomic E-state index is 0.0903. The SMILES string of the molecule is CCS(=O)(=O)Nc1cccc(CN2CCN(C[C](C)C)CC2)c1. The number of sulfonamides is 1.